The Labute approximate surface area is 196 Å². The number of rotatable bonds is 6. The number of aromatic nitrogens is 2. The second kappa shape index (κ2) is 9.73. The van der Waals surface area contributed by atoms with Crippen molar-refractivity contribution < 1.29 is 9.47 Å². The lowest BCUT2D eigenvalue weighted by Gasteiger charge is -2.15. The fourth-order valence-electron chi connectivity index (χ4n) is 2.81. The van der Waals surface area contributed by atoms with E-state index in [1.54, 1.807) is 32.4 Å². The molecule has 2 aromatic carbocycles. The van der Waals surface area contributed by atoms with Crippen LogP contribution in [0.5, 0.6) is 11.5 Å². The van der Waals surface area contributed by atoms with Gasteiger partial charge in [0.05, 0.1) is 16.4 Å². The third kappa shape index (κ3) is 4.58. The van der Waals surface area contributed by atoms with Gasteiger partial charge in [0.25, 0.3) is 5.56 Å². The number of thioether (sulfide) groups is 1. The summed E-state index contributed by atoms with van der Waals surface area (Å²) in [5.74, 6) is 1.06. The fraction of sp³-hybridized carbons (Fsp3) is 0.190. The minimum absolute atomic E-state index is 0.0111. The second-order valence-electron chi connectivity index (χ2n) is 6.20. The van der Waals surface area contributed by atoms with E-state index in [1.807, 2.05) is 30.5 Å². The number of benzene rings is 2. The second-order valence-corrected chi connectivity index (χ2v) is 8.57. The molecule has 0 saturated carbocycles. The Balaban J connectivity index is 2.04. The third-order valence-corrected chi connectivity index (χ3v) is 6.13. The van der Waals surface area contributed by atoms with Gasteiger partial charge in [0, 0.05) is 17.6 Å². The first-order chi connectivity index (χ1) is 14.4. The summed E-state index contributed by atoms with van der Waals surface area (Å²) in [7, 11) is 3.14. The van der Waals surface area contributed by atoms with Gasteiger partial charge in [-0.2, -0.15) is 5.26 Å². The zero-order valence-corrected chi connectivity index (χ0v) is 20.1. The summed E-state index contributed by atoms with van der Waals surface area (Å²) in [5.41, 5.74) is 1.50. The topological polar surface area (TPSA) is 77.1 Å². The number of halogens is 2. The van der Waals surface area contributed by atoms with Crippen LogP contribution in [-0.2, 0) is 13.7 Å². The maximum Gasteiger partial charge on any atom is 0.272 e. The molecule has 0 aliphatic heterocycles. The molecular formula is C21H17ClIN3O3S. The fourth-order valence-corrected chi connectivity index (χ4v) is 4.23. The molecule has 0 bridgehead atoms. The Morgan fingerprint density at radius 1 is 1.30 bits per heavy atom. The predicted octanol–water partition coefficient (Wildman–Crippen LogP) is 4.89. The molecule has 0 unspecified atom stereocenters. The van der Waals surface area contributed by atoms with Crippen molar-refractivity contribution in [1.29, 1.82) is 5.26 Å². The van der Waals surface area contributed by atoms with E-state index in [0.29, 0.717) is 39.5 Å². The van der Waals surface area contributed by atoms with Gasteiger partial charge in [0.2, 0.25) is 0 Å². The first-order valence-electron chi connectivity index (χ1n) is 8.69. The standard InChI is InChI=1S/C21H17ClIN3O3S/c1-26-20(27)15(10-24)18(25-21(26)30-3)13-8-16(23)19(17(9-13)28-2)29-11-12-4-6-14(22)7-5-12/h4-9H,11H2,1-3H3. The van der Waals surface area contributed by atoms with Crippen LogP contribution in [0.2, 0.25) is 5.02 Å². The Morgan fingerprint density at radius 3 is 2.60 bits per heavy atom. The lowest BCUT2D eigenvalue weighted by Crippen LogP contribution is -2.23. The summed E-state index contributed by atoms with van der Waals surface area (Å²) < 4.78 is 13.7. The molecule has 3 rings (SSSR count). The SMILES string of the molecule is COc1cc(-c2nc(SC)n(C)c(=O)c2C#N)cc(I)c1OCc1ccc(Cl)cc1. The van der Waals surface area contributed by atoms with E-state index < -0.39 is 0 Å². The van der Waals surface area contributed by atoms with Gasteiger partial charge in [-0.25, -0.2) is 4.98 Å². The van der Waals surface area contributed by atoms with Crippen molar-refractivity contribution in [3.05, 3.63) is 66.5 Å². The Morgan fingerprint density at radius 2 is 2.00 bits per heavy atom. The van der Waals surface area contributed by atoms with Crippen LogP contribution < -0.4 is 15.0 Å². The van der Waals surface area contributed by atoms with Crippen molar-refractivity contribution in [2.45, 2.75) is 11.8 Å². The quantitative estimate of drug-likeness (QED) is 0.246. The van der Waals surface area contributed by atoms with Gasteiger partial charge in [-0.1, -0.05) is 35.5 Å². The number of nitrogens with zero attached hydrogens (tertiary/aromatic N) is 3. The molecule has 6 nitrogen and oxygen atoms in total. The summed E-state index contributed by atoms with van der Waals surface area (Å²) >= 11 is 9.41. The number of hydrogen-bond donors (Lipinski definition) is 0. The molecule has 154 valence electrons. The molecule has 0 aliphatic carbocycles. The van der Waals surface area contributed by atoms with E-state index in [2.05, 4.69) is 27.6 Å². The van der Waals surface area contributed by atoms with Crippen LogP contribution in [0.15, 0.2) is 46.3 Å². The molecule has 0 aliphatic rings. The first kappa shape index (κ1) is 22.5. The van der Waals surface area contributed by atoms with Gasteiger partial charge in [-0.05, 0) is 58.7 Å². The molecule has 0 radical (unpaired) electrons. The van der Waals surface area contributed by atoms with Crippen molar-refractivity contribution in [3.8, 4) is 28.8 Å². The van der Waals surface area contributed by atoms with E-state index >= 15 is 0 Å². The molecule has 0 saturated heterocycles. The highest BCUT2D eigenvalue weighted by molar-refractivity contribution is 14.1. The van der Waals surface area contributed by atoms with E-state index in [0.717, 1.165) is 9.13 Å². The van der Waals surface area contributed by atoms with Gasteiger partial charge < -0.3 is 9.47 Å². The summed E-state index contributed by atoms with van der Waals surface area (Å²) in [6, 6.07) is 12.9. The summed E-state index contributed by atoms with van der Waals surface area (Å²) in [5, 5.41) is 10.7. The van der Waals surface area contributed by atoms with Gasteiger partial charge in [0.1, 0.15) is 18.2 Å². The molecule has 0 amide bonds. The zero-order chi connectivity index (χ0) is 21.8. The third-order valence-electron chi connectivity index (χ3n) is 4.34. The number of methoxy groups -OCH3 is 1. The first-order valence-corrected chi connectivity index (χ1v) is 11.4. The molecular weight excluding hydrogens is 537 g/mol. The van der Waals surface area contributed by atoms with Crippen molar-refractivity contribution in [1.82, 2.24) is 9.55 Å². The molecule has 30 heavy (non-hydrogen) atoms. The summed E-state index contributed by atoms with van der Waals surface area (Å²) in [6.45, 7) is 0.340. The summed E-state index contributed by atoms with van der Waals surface area (Å²) in [4.78, 5) is 17.1. The van der Waals surface area contributed by atoms with E-state index in [-0.39, 0.29) is 11.1 Å². The molecule has 1 heterocycles. The number of hydrogen-bond acceptors (Lipinski definition) is 6. The predicted molar refractivity (Wildman–Crippen MR) is 126 cm³/mol. The van der Waals surface area contributed by atoms with Crippen LogP contribution in [0.3, 0.4) is 0 Å². The Kier molecular flexibility index (Phi) is 7.28. The molecule has 3 aromatic rings. The van der Waals surface area contributed by atoms with Crippen molar-refractivity contribution >= 4 is 46.0 Å². The van der Waals surface area contributed by atoms with Crippen LogP contribution >= 0.6 is 46.0 Å². The lowest BCUT2D eigenvalue weighted by atomic mass is 10.1. The Hall–Kier alpha value is -2.22. The van der Waals surface area contributed by atoms with Crippen LogP contribution in [-0.4, -0.2) is 22.9 Å². The molecule has 0 N–H and O–H groups in total. The lowest BCUT2D eigenvalue weighted by molar-refractivity contribution is 0.282. The van der Waals surface area contributed by atoms with Gasteiger partial charge >= 0.3 is 0 Å². The van der Waals surface area contributed by atoms with E-state index in [9.17, 15) is 10.1 Å². The van der Waals surface area contributed by atoms with Gasteiger partial charge in [-0.3, -0.25) is 9.36 Å². The van der Waals surface area contributed by atoms with Crippen LogP contribution in [0.1, 0.15) is 11.1 Å². The molecule has 0 fully saturated rings. The smallest absolute Gasteiger partial charge is 0.272 e. The van der Waals surface area contributed by atoms with Crippen molar-refractivity contribution in [3.63, 3.8) is 0 Å². The van der Waals surface area contributed by atoms with Gasteiger partial charge in [0.15, 0.2) is 16.7 Å². The molecule has 0 spiro atoms. The summed E-state index contributed by atoms with van der Waals surface area (Å²) in [6.07, 6.45) is 1.83. The molecule has 0 atom stereocenters. The highest BCUT2D eigenvalue weighted by Gasteiger charge is 2.19. The monoisotopic (exact) mass is 553 g/mol. The highest BCUT2D eigenvalue weighted by atomic mass is 127. The van der Waals surface area contributed by atoms with Crippen molar-refractivity contribution in [2.24, 2.45) is 7.05 Å². The highest BCUT2D eigenvalue weighted by Crippen LogP contribution is 2.38. The normalized spacial score (nSPS) is 10.5. The van der Waals surface area contributed by atoms with Crippen LogP contribution in [0, 0.1) is 14.9 Å². The largest absolute Gasteiger partial charge is 0.493 e. The average Bonchev–Trinajstić information content (AvgIpc) is 2.75. The van der Waals surface area contributed by atoms with E-state index in [1.165, 1.54) is 16.3 Å². The van der Waals surface area contributed by atoms with Crippen LogP contribution in [0.25, 0.3) is 11.3 Å². The maximum absolute atomic E-state index is 12.6. The number of nitriles is 1. The number of ether oxygens (including phenoxy) is 2. The van der Waals surface area contributed by atoms with E-state index in [4.69, 9.17) is 21.1 Å². The zero-order valence-electron chi connectivity index (χ0n) is 16.4. The molecule has 9 heteroatoms. The molecule has 1 aromatic heterocycles. The van der Waals surface area contributed by atoms with Crippen molar-refractivity contribution in [2.75, 3.05) is 13.4 Å². The Bertz CT molecular complexity index is 1190. The minimum atomic E-state index is -0.385. The maximum atomic E-state index is 12.6. The van der Waals surface area contributed by atoms with Gasteiger partial charge in [-0.15, -0.1) is 0 Å². The van der Waals surface area contributed by atoms with Crippen LogP contribution in [0.4, 0.5) is 0 Å². The minimum Gasteiger partial charge on any atom is -0.493 e. The average molecular weight is 554 g/mol.